The van der Waals surface area contributed by atoms with Crippen molar-refractivity contribution in [2.24, 2.45) is 5.92 Å². The fourth-order valence-electron chi connectivity index (χ4n) is 2.63. The summed E-state index contributed by atoms with van der Waals surface area (Å²) in [6.45, 7) is 3.54. The molecule has 2 unspecified atom stereocenters. The fraction of sp³-hybridized carbons (Fsp3) is 0.500. The van der Waals surface area contributed by atoms with E-state index in [2.05, 4.69) is 11.0 Å². The normalized spacial score (nSPS) is 23.0. The van der Waals surface area contributed by atoms with Crippen LogP contribution in [0, 0.1) is 17.2 Å². The molecule has 4 heteroatoms. The van der Waals surface area contributed by atoms with Crippen molar-refractivity contribution in [2.75, 3.05) is 13.2 Å². The number of piperidine rings is 1. The molecule has 0 aliphatic carbocycles. The number of nitrogens with zero attached hydrogens (tertiary/aromatic N) is 2. The lowest BCUT2D eigenvalue weighted by atomic mass is 9.93. The molecule has 4 nitrogen and oxygen atoms in total. The van der Waals surface area contributed by atoms with E-state index in [1.54, 1.807) is 0 Å². The maximum absolute atomic E-state index is 11.9. The molecular formula is C16H20N2O2. The van der Waals surface area contributed by atoms with Gasteiger partial charge in [-0.25, -0.2) is 0 Å². The molecule has 0 spiro atoms. The topological polar surface area (TPSA) is 53.3 Å². The van der Waals surface area contributed by atoms with Gasteiger partial charge in [0.2, 0.25) is 0 Å². The van der Waals surface area contributed by atoms with Gasteiger partial charge in [-0.2, -0.15) is 5.26 Å². The molecule has 1 saturated heterocycles. The molecule has 1 aliphatic heterocycles. The molecule has 0 N–H and O–H groups in total. The molecule has 106 valence electrons. The Morgan fingerprint density at radius 2 is 2.15 bits per heavy atom. The molecule has 2 atom stereocenters. The molecule has 20 heavy (non-hydrogen) atoms. The summed E-state index contributed by atoms with van der Waals surface area (Å²) in [5, 5.41) is 9.26. The molecule has 0 saturated carbocycles. The van der Waals surface area contributed by atoms with Crippen molar-refractivity contribution < 1.29 is 9.53 Å². The fourth-order valence-corrected chi connectivity index (χ4v) is 2.63. The van der Waals surface area contributed by atoms with Crippen LogP contribution in [0.4, 0.5) is 0 Å². The van der Waals surface area contributed by atoms with Crippen LogP contribution in [-0.4, -0.2) is 30.1 Å². The third-order valence-corrected chi connectivity index (χ3v) is 3.68. The minimum atomic E-state index is -0.137. The number of rotatable bonds is 4. The Morgan fingerprint density at radius 1 is 1.40 bits per heavy atom. The lowest BCUT2D eigenvalue weighted by Gasteiger charge is -2.35. The summed E-state index contributed by atoms with van der Waals surface area (Å²) in [6.07, 6.45) is 1.47. The Morgan fingerprint density at radius 3 is 2.80 bits per heavy atom. The minimum Gasteiger partial charge on any atom is -0.466 e. The van der Waals surface area contributed by atoms with Gasteiger partial charge in [-0.05, 0) is 25.3 Å². The smallest absolute Gasteiger partial charge is 0.310 e. The Kier molecular flexibility index (Phi) is 5.14. The van der Waals surface area contributed by atoms with Gasteiger partial charge < -0.3 is 4.74 Å². The van der Waals surface area contributed by atoms with Crippen LogP contribution in [0.25, 0.3) is 0 Å². The molecule has 2 rings (SSSR count). The van der Waals surface area contributed by atoms with E-state index in [0.29, 0.717) is 19.7 Å². The number of esters is 1. The quantitative estimate of drug-likeness (QED) is 0.790. The molecule has 1 aromatic carbocycles. The Balaban J connectivity index is 2.03. The first-order chi connectivity index (χ1) is 9.74. The highest BCUT2D eigenvalue weighted by atomic mass is 16.5. The van der Waals surface area contributed by atoms with Crippen LogP contribution < -0.4 is 0 Å². The first-order valence-electron chi connectivity index (χ1n) is 7.08. The van der Waals surface area contributed by atoms with Crippen LogP contribution in [0.1, 0.15) is 25.3 Å². The zero-order valence-electron chi connectivity index (χ0n) is 11.8. The van der Waals surface area contributed by atoms with Gasteiger partial charge in [0.05, 0.1) is 24.6 Å². The van der Waals surface area contributed by atoms with Crippen molar-refractivity contribution in [1.29, 1.82) is 5.26 Å². The van der Waals surface area contributed by atoms with Gasteiger partial charge in [0.1, 0.15) is 0 Å². The largest absolute Gasteiger partial charge is 0.466 e. The van der Waals surface area contributed by atoms with E-state index in [1.165, 1.54) is 0 Å². The predicted molar refractivity (Wildman–Crippen MR) is 75.6 cm³/mol. The maximum Gasteiger partial charge on any atom is 0.310 e. The summed E-state index contributed by atoms with van der Waals surface area (Å²) in [5.41, 5.74) is 1.16. The van der Waals surface area contributed by atoms with Gasteiger partial charge in [0, 0.05) is 13.1 Å². The van der Waals surface area contributed by atoms with Crippen molar-refractivity contribution in [2.45, 2.75) is 32.4 Å². The number of ether oxygens (including phenoxy) is 1. The number of hydrogen-bond donors (Lipinski definition) is 0. The van der Waals surface area contributed by atoms with Crippen LogP contribution in [0.5, 0.6) is 0 Å². The van der Waals surface area contributed by atoms with Gasteiger partial charge in [-0.15, -0.1) is 0 Å². The van der Waals surface area contributed by atoms with Crippen molar-refractivity contribution in [3.8, 4) is 6.07 Å². The van der Waals surface area contributed by atoms with E-state index in [0.717, 1.165) is 18.4 Å². The third kappa shape index (κ3) is 3.58. The highest BCUT2D eigenvalue weighted by Gasteiger charge is 2.32. The Bertz CT molecular complexity index is 481. The average molecular weight is 272 g/mol. The van der Waals surface area contributed by atoms with Gasteiger partial charge in [0.25, 0.3) is 0 Å². The maximum atomic E-state index is 11.9. The van der Waals surface area contributed by atoms with Gasteiger partial charge in [0.15, 0.2) is 0 Å². The molecule has 1 fully saturated rings. The van der Waals surface area contributed by atoms with Crippen molar-refractivity contribution >= 4 is 5.97 Å². The molecule has 0 bridgehead atoms. The van der Waals surface area contributed by atoms with Crippen molar-refractivity contribution in [3.63, 3.8) is 0 Å². The second-order valence-electron chi connectivity index (χ2n) is 5.09. The summed E-state index contributed by atoms with van der Waals surface area (Å²) < 4.78 is 5.10. The summed E-state index contributed by atoms with van der Waals surface area (Å²) in [4.78, 5) is 13.9. The number of carbonyl (C=O) groups is 1. The van der Waals surface area contributed by atoms with Crippen LogP contribution in [0.3, 0.4) is 0 Å². The van der Waals surface area contributed by atoms with Gasteiger partial charge >= 0.3 is 5.97 Å². The summed E-state index contributed by atoms with van der Waals surface area (Å²) in [5.74, 6) is -0.245. The highest BCUT2D eigenvalue weighted by molar-refractivity contribution is 5.72. The minimum absolute atomic E-state index is 0.108. The summed E-state index contributed by atoms with van der Waals surface area (Å²) in [7, 11) is 0. The monoisotopic (exact) mass is 272 g/mol. The third-order valence-electron chi connectivity index (χ3n) is 3.68. The zero-order chi connectivity index (χ0) is 14.4. The molecule has 1 heterocycles. The van der Waals surface area contributed by atoms with E-state index in [4.69, 9.17) is 4.74 Å². The van der Waals surface area contributed by atoms with E-state index >= 15 is 0 Å². The second-order valence-corrected chi connectivity index (χ2v) is 5.09. The van der Waals surface area contributed by atoms with Crippen molar-refractivity contribution in [3.05, 3.63) is 35.9 Å². The lowest BCUT2D eigenvalue weighted by molar-refractivity contribution is -0.150. The van der Waals surface area contributed by atoms with Crippen LogP contribution in [-0.2, 0) is 16.1 Å². The Hall–Kier alpha value is -1.86. The van der Waals surface area contributed by atoms with Crippen LogP contribution >= 0.6 is 0 Å². The van der Waals surface area contributed by atoms with E-state index in [9.17, 15) is 10.1 Å². The van der Waals surface area contributed by atoms with Crippen LogP contribution in [0.2, 0.25) is 0 Å². The Labute approximate surface area is 120 Å². The first kappa shape index (κ1) is 14.5. The standard InChI is InChI=1S/C16H20N2O2/c1-2-20-16(19)14-8-9-15(10-17)18(12-14)11-13-6-4-3-5-7-13/h3-7,14-15H,2,8-9,11-12H2,1H3. The van der Waals surface area contributed by atoms with Gasteiger partial charge in [-0.1, -0.05) is 30.3 Å². The molecular weight excluding hydrogens is 252 g/mol. The van der Waals surface area contributed by atoms with Gasteiger partial charge in [-0.3, -0.25) is 9.69 Å². The molecule has 1 aliphatic rings. The van der Waals surface area contributed by atoms with E-state index < -0.39 is 0 Å². The first-order valence-corrected chi connectivity index (χ1v) is 7.08. The second kappa shape index (κ2) is 7.06. The summed E-state index contributed by atoms with van der Waals surface area (Å²) in [6, 6.07) is 12.3. The molecule has 0 radical (unpaired) electrons. The number of hydrogen-bond acceptors (Lipinski definition) is 4. The van der Waals surface area contributed by atoms with Crippen molar-refractivity contribution in [1.82, 2.24) is 4.90 Å². The van der Waals surface area contributed by atoms with Crippen LogP contribution in [0.15, 0.2) is 30.3 Å². The highest BCUT2D eigenvalue weighted by Crippen LogP contribution is 2.24. The lowest BCUT2D eigenvalue weighted by Crippen LogP contribution is -2.44. The van der Waals surface area contributed by atoms with E-state index in [-0.39, 0.29) is 17.9 Å². The SMILES string of the molecule is CCOC(=O)C1CCC(C#N)N(Cc2ccccc2)C1. The molecule has 0 amide bonds. The zero-order valence-corrected chi connectivity index (χ0v) is 11.8. The number of benzene rings is 1. The predicted octanol–water partition coefficient (Wildman–Crippen LogP) is 2.35. The summed E-state index contributed by atoms with van der Waals surface area (Å²) >= 11 is 0. The number of nitriles is 1. The molecule has 1 aromatic rings. The number of likely N-dealkylation sites (tertiary alicyclic amines) is 1. The number of carbonyl (C=O) groups excluding carboxylic acids is 1. The molecule has 0 aromatic heterocycles. The van der Waals surface area contributed by atoms with E-state index in [1.807, 2.05) is 37.3 Å². The average Bonchev–Trinajstić information content (AvgIpc) is 2.48.